The van der Waals surface area contributed by atoms with Gasteiger partial charge >= 0.3 is 7.82 Å². The van der Waals surface area contributed by atoms with Crippen LogP contribution in [0.5, 0.6) is 0 Å². The Kier molecular flexibility index (Phi) is 6.58. The van der Waals surface area contributed by atoms with Gasteiger partial charge in [0.1, 0.15) is 30.1 Å². The van der Waals surface area contributed by atoms with Gasteiger partial charge in [-0.3, -0.25) is 4.52 Å². The van der Waals surface area contributed by atoms with Crippen LogP contribution in [-0.2, 0) is 28.0 Å². The highest BCUT2D eigenvalue weighted by Gasteiger charge is 2.43. The maximum absolute atomic E-state index is 14.7. The van der Waals surface area contributed by atoms with Gasteiger partial charge in [0.15, 0.2) is 6.73 Å². The summed E-state index contributed by atoms with van der Waals surface area (Å²) in [5.41, 5.74) is -0.939. The zero-order valence-corrected chi connectivity index (χ0v) is 17.5. The zero-order chi connectivity index (χ0) is 22.8. The predicted molar refractivity (Wildman–Crippen MR) is 101 cm³/mol. The average Bonchev–Trinajstić information content (AvgIpc) is 3.12. The molecule has 0 aliphatic rings. The maximum atomic E-state index is 14.7. The molecule has 3 N–H and O–H groups in total. The van der Waals surface area contributed by atoms with Gasteiger partial charge in [0.05, 0.1) is 5.69 Å². The lowest BCUT2D eigenvalue weighted by molar-refractivity contribution is -0.726. The monoisotopic (exact) mass is 456 g/mol. The van der Waals surface area contributed by atoms with Crippen LogP contribution in [0.4, 0.5) is 8.78 Å². The molecule has 3 aromatic rings. The molecule has 3 rings (SSSR count). The van der Waals surface area contributed by atoms with Crippen molar-refractivity contribution in [1.29, 1.82) is 0 Å². The van der Waals surface area contributed by atoms with Crippen LogP contribution in [0.2, 0.25) is 0 Å². The number of halogens is 2. The molecule has 2 atom stereocenters. The van der Waals surface area contributed by atoms with E-state index in [0.29, 0.717) is 17.3 Å². The number of phosphoric acid groups is 1. The molecular formula is C18H21F2N5O5P+. The molecule has 0 aliphatic heterocycles. The van der Waals surface area contributed by atoms with E-state index in [9.17, 15) is 18.5 Å². The van der Waals surface area contributed by atoms with Gasteiger partial charge in [-0.15, -0.1) is 4.68 Å². The van der Waals surface area contributed by atoms with E-state index in [1.807, 2.05) is 0 Å². The molecule has 0 amide bonds. The summed E-state index contributed by atoms with van der Waals surface area (Å²) in [5, 5.41) is 15.7. The molecule has 2 heterocycles. The van der Waals surface area contributed by atoms with E-state index >= 15 is 0 Å². The zero-order valence-electron chi connectivity index (χ0n) is 16.6. The summed E-state index contributed by atoms with van der Waals surface area (Å²) in [6, 6.07) is 2.88. The highest BCUT2D eigenvalue weighted by atomic mass is 31.2. The fourth-order valence-corrected chi connectivity index (χ4v) is 3.57. The van der Waals surface area contributed by atoms with Gasteiger partial charge in [0, 0.05) is 28.8 Å². The molecule has 2 aromatic heterocycles. The second-order valence-corrected chi connectivity index (χ2v) is 8.31. The highest BCUT2D eigenvalue weighted by Crippen LogP contribution is 2.39. The van der Waals surface area contributed by atoms with Crippen molar-refractivity contribution in [3.8, 4) is 0 Å². The highest BCUT2D eigenvalue weighted by molar-refractivity contribution is 7.46. The van der Waals surface area contributed by atoms with Crippen molar-refractivity contribution in [3.63, 3.8) is 0 Å². The third-order valence-corrected chi connectivity index (χ3v) is 5.32. The van der Waals surface area contributed by atoms with Crippen LogP contribution in [0, 0.1) is 18.6 Å². The molecule has 0 saturated heterocycles. The normalized spacial score (nSPS) is 14.9. The predicted octanol–water partition coefficient (Wildman–Crippen LogP) is 1.31. The smallest absolute Gasteiger partial charge is 0.381 e. The first-order chi connectivity index (χ1) is 14.5. The van der Waals surface area contributed by atoms with Gasteiger partial charge in [0.2, 0.25) is 6.33 Å². The summed E-state index contributed by atoms with van der Waals surface area (Å²) < 4.78 is 46.0. The van der Waals surface area contributed by atoms with Gasteiger partial charge in [-0.05, 0) is 18.6 Å². The van der Waals surface area contributed by atoms with Crippen LogP contribution in [0.3, 0.4) is 0 Å². The fourth-order valence-electron chi connectivity index (χ4n) is 3.28. The lowest BCUT2D eigenvalue weighted by Gasteiger charge is -2.33. The second kappa shape index (κ2) is 8.85. The first kappa shape index (κ1) is 23.0. The Labute approximate surface area is 176 Å². The summed E-state index contributed by atoms with van der Waals surface area (Å²) in [6.45, 7) is 2.62. The van der Waals surface area contributed by atoms with E-state index in [2.05, 4.69) is 19.6 Å². The Hall–Kier alpha value is -2.63. The Morgan fingerprint density at radius 3 is 2.74 bits per heavy atom. The van der Waals surface area contributed by atoms with Crippen molar-refractivity contribution in [3.05, 3.63) is 71.8 Å². The number of aromatic nitrogens is 5. The Balaban J connectivity index is 2.00. The molecule has 13 heteroatoms. The van der Waals surface area contributed by atoms with Gasteiger partial charge in [0.25, 0.3) is 6.33 Å². The molecule has 0 spiro atoms. The second-order valence-electron chi connectivity index (χ2n) is 7.07. The molecule has 0 bridgehead atoms. The number of hydrogen-bond acceptors (Lipinski definition) is 6. The summed E-state index contributed by atoms with van der Waals surface area (Å²) in [5.74, 6) is -2.49. The molecule has 1 aromatic carbocycles. The molecule has 31 heavy (non-hydrogen) atoms. The summed E-state index contributed by atoms with van der Waals surface area (Å²) in [4.78, 5) is 25.8. The van der Waals surface area contributed by atoms with E-state index in [4.69, 9.17) is 9.79 Å². The van der Waals surface area contributed by atoms with E-state index in [1.165, 1.54) is 28.2 Å². The van der Waals surface area contributed by atoms with E-state index in [1.54, 1.807) is 20.0 Å². The average molecular weight is 456 g/mol. The van der Waals surface area contributed by atoms with Crippen LogP contribution in [-0.4, -0.2) is 34.6 Å². The standard InChI is InChI=1S/C18H20F2N5O5P/c1-12-6-21-8-22-17(12)13(2)18(26,15-4-3-14(19)5-16(15)20)7-25-10-24(9-23-25)11-30-31(27,28)29/h3-6,8-10,13,26H,7,11H2,1-2H3,(H-,27,28,29)/p+1/t13-,18+/m0/s1. The van der Waals surface area contributed by atoms with Crippen LogP contribution < -0.4 is 4.57 Å². The lowest BCUT2D eigenvalue weighted by Crippen LogP contribution is -2.39. The Morgan fingerprint density at radius 1 is 1.35 bits per heavy atom. The van der Waals surface area contributed by atoms with Crippen LogP contribution >= 0.6 is 7.82 Å². The lowest BCUT2D eigenvalue weighted by atomic mass is 9.79. The molecule has 0 aliphatic carbocycles. The van der Waals surface area contributed by atoms with Crippen molar-refractivity contribution >= 4 is 7.82 Å². The SMILES string of the molecule is Cc1cncnc1[C@H](C)[C@](O)(Cn1c[n+](COP(=O)(O)O)cn1)c1ccc(F)cc1F. The van der Waals surface area contributed by atoms with Crippen LogP contribution in [0.15, 0.2) is 43.4 Å². The van der Waals surface area contributed by atoms with Crippen LogP contribution in [0.25, 0.3) is 0 Å². The van der Waals surface area contributed by atoms with E-state index in [-0.39, 0.29) is 12.1 Å². The molecule has 0 fully saturated rings. The molecular weight excluding hydrogens is 435 g/mol. The summed E-state index contributed by atoms with van der Waals surface area (Å²) >= 11 is 0. The van der Waals surface area contributed by atoms with Crippen LogP contribution in [0.1, 0.15) is 29.7 Å². The third-order valence-electron chi connectivity index (χ3n) is 4.87. The quantitative estimate of drug-likeness (QED) is 0.341. The minimum Gasteiger partial charge on any atom is -0.381 e. The topological polar surface area (TPSA) is 134 Å². The van der Waals surface area contributed by atoms with Crippen molar-refractivity contribution in [1.82, 2.24) is 19.7 Å². The molecule has 0 saturated carbocycles. The third kappa shape index (κ3) is 5.35. The van der Waals surface area contributed by atoms with Crippen molar-refractivity contribution < 1.29 is 37.3 Å². The molecule has 166 valence electrons. The van der Waals surface area contributed by atoms with Crippen molar-refractivity contribution in [2.45, 2.75) is 38.6 Å². The number of phosphoric ester groups is 1. The van der Waals surface area contributed by atoms with Gasteiger partial charge < -0.3 is 14.9 Å². The first-order valence-corrected chi connectivity index (χ1v) is 10.6. The Bertz CT molecular complexity index is 1120. The molecule has 10 nitrogen and oxygen atoms in total. The first-order valence-electron chi connectivity index (χ1n) is 9.05. The largest absolute Gasteiger partial charge is 0.472 e. The van der Waals surface area contributed by atoms with Crippen molar-refractivity contribution in [2.24, 2.45) is 0 Å². The number of aliphatic hydroxyl groups is 1. The fraction of sp³-hybridized carbons (Fsp3) is 0.333. The minimum absolute atomic E-state index is 0.159. The van der Waals surface area contributed by atoms with Gasteiger partial charge in [-0.2, -0.15) is 0 Å². The molecule has 0 unspecified atom stereocenters. The number of hydrogen-bond donors (Lipinski definition) is 3. The van der Waals surface area contributed by atoms with E-state index < -0.39 is 37.7 Å². The number of rotatable bonds is 8. The van der Waals surface area contributed by atoms with Crippen molar-refractivity contribution in [2.75, 3.05) is 0 Å². The van der Waals surface area contributed by atoms with Gasteiger partial charge in [-0.25, -0.2) is 27.9 Å². The van der Waals surface area contributed by atoms with E-state index in [0.717, 1.165) is 12.1 Å². The Morgan fingerprint density at radius 2 is 2.10 bits per heavy atom. The number of nitrogens with zero attached hydrogens (tertiary/aromatic N) is 5. The summed E-state index contributed by atoms with van der Waals surface area (Å²) in [6.07, 6.45) is 5.41. The van der Waals surface area contributed by atoms with Gasteiger partial charge in [-0.1, -0.05) is 13.0 Å². The number of benzene rings is 1. The molecule has 0 radical (unpaired) electrons. The number of aryl methyl sites for hydroxylation is 1. The maximum Gasteiger partial charge on any atom is 0.472 e. The summed E-state index contributed by atoms with van der Waals surface area (Å²) in [7, 11) is -4.69. The minimum atomic E-state index is -4.69.